The number of hydrogen-bond donors (Lipinski definition) is 1. The number of halogens is 1. The minimum atomic E-state index is -1.50. The summed E-state index contributed by atoms with van der Waals surface area (Å²) in [5, 5.41) is 8.60. The quantitative estimate of drug-likeness (QED) is 0.330. The summed E-state index contributed by atoms with van der Waals surface area (Å²) in [7, 11) is 0. The van der Waals surface area contributed by atoms with Crippen molar-refractivity contribution in [2.75, 3.05) is 0 Å². The molecule has 1 rings (SSSR count). The van der Waals surface area contributed by atoms with E-state index in [0.717, 1.165) is 0 Å². The average molecular weight is 237 g/mol. The first-order valence-corrected chi connectivity index (χ1v) is 3.39. The molecule has 0 heterocycles. The molecule has 0 atom stereocenters. The second-order valence-electron chi connectivity index (χ2n) is 1.89. The fourth-order valence-corrected chi connectivity index (χ4v) is 0.700. The summed E-state index contributed by atoms with van der Waals surface area (Å²) >= 11 is 5.56. The summed E-state index contributed by atoms with van der Waals surface area (Å²) in [6.07, 6.45) is -1.50. The number of rotatable bonds is 2. The Kier molecular flexibility index (Phi) is 10.7. The largest absolute Gasteiger partial charge is 1.00 e. The molecule has 0 radical (unpaired) electrons. The van der Waals surface area contributed by atoms with Crippen LogP contribution in [0.1, 0.15) is 2.85 Å². The van der Waals surface area contributed by atoms with Gasteiger partial charge in [-0.25, -0.2) is 9.68 Å². The monoisotopic (exact) mass is 236 g/mol. The molecular weight excluding hydrogens is 230 g/mol. The SMILES string of the molecule is O=C(O)OOc1ccc(Cl)cc1.[H-].[H-].[Na+].[Na+]. The van der Waals surface area contributed by atoms with Crippen molar-refractivity contribution >= 4 is 17.8 Å². The maximum Gasteiger partial charge on any atom is 1.00 e. The van der Waals surface area contributed by atoms with E-state index in [0.29, 0.717) is 5.02 Å². The van der Waals surface area contributed by atoms with Crippen LogP contribution < -0.4 is 64.0 Å². The van der Waals surface area contributed by atoms with Crippen LogP contribution in [0, 0.1) is 0 Å². The molecule has 0 aromatic heterocycles. The van der Waals surface area contributed by atoms with Gasteiger partial charge in [0.05, 0.1) is 0 Å². The van der Waals surface area contributed by atoms with Crippen molar-refractivity contribution in [3.8, 4) is 5.75 Å². The summed E-state index contributed by atoms with van der Waals surface area (Å²) in [5.41, 5.74) is 0. The number of carbonyl (C=O) groups is 1. The summed E-state index contributed by atoms with van der Waals surface area (Å²) in [4.78, 5) is 18.1. The molecule has 0 spiro atoms. The van der Waals surface area contributed by atoms with Crippen LogP contribution in [0.5, 0.6) is 5.75 Å². The molecule has 1 aromatic rings. The second-order valence-corrected chi connectivity index (χ2v) is 2.32. The maximum absolute atomic E-state index is 9.87. The summed E-state index contributed by atoms with van der Waals surface area (Å²) in [6.45, 7) is 0. The Bertz CT molecular complexity index is 286. The number of carboxylic acid groups (broad SMARTS) is 1. The molecule has 0 unspecified atom stereocenters. The molecule has 0 bridgehead atoms. The minimum Gasteiger partial charge on any atom is -1.00 e. The van der Waals surface area contributed by atoms with E-state index in [2.05, 4.69) is 9.78 Å². The van der Waals surface area contributed by atoms with E-state index in [1.54, 1.807) is 12.1 Å². The molecule has 68 valence electrons. The number of benzene rings is 1. The minimum absolute atomic E-state index is 0. The summed E-state index contributed by atoms with van der Waals surface area (Å²) in [5.74, 6) is 0.279. The van der Waals surface area contributed by atoms with Gasteiger partial charge in [0, 0.05) is 5.02 Å². The Labute approximate surface area is 133 Å². The molecule has 0 amide bonds. The van der Waals surface area contributed by atoms with Gasteiger partial charge in [0.25, 0.3) is 0 Å². The summed E-state index contributed by atoms with van der Waals surface area (Å²) < 4.78 is 0. The maximum atomic E-state index is 9.87. The number of hydrogen-bond acceptors (Lipinski definition) is 3. The normalized spacial score (nSPS) is 7.79. The van der Waals surface area contributed by atoms with E-state index in [-0.39, 0.29) is 67.7 Å². The second kappa shape index (κ2) is 8.85. The standard InChI is InChI=1S/C7H5ClO4.2Na.2H/c8-5-1-3-6(4-2-5)11-12-7(9)10;;;;/h1-4H,(H,9,10);;;;/q;2*+1;2*-1. The molecule has 0 saturated carbocycles. The van der Waals surface area contributed by atoms with Gasteiger partial charge in [-0.05, 0) is 24.3 Å². The van der Waals surface area contributed by atoms with Crippen LogP contribution >= 0.6 is 11.6 Å². The van der Waals surface area contributed by atoms with E-state index >= 15 is 0 Å². The van der Waals surface area contributed by atoms with Crippen molar-refractivity contribution < 1.29 is 81.6 Å². The third-order valence-corrected chi connectivity index (χ3v) is 1.27. The van der Waals surface area contributed by atoms with Gasteiger partial charge in [-0.1, -0.05) is 11.6 Å². The molecule has 4 nitrogen and oxygen atoms in total. The van der Waals surface area contributed by atoms with Crippen molar-refractivity contribution in [1.82, 2.24) is 0 Å². The Hall–Kier alpha value is 0.580. The third kappa shape index (κ3) is 6.95. The molecule has 0 saturated heterocycles. The fraction of sp³-hybridized carbons (Fsp3) is 0. The molecule has 14 heavy (non-hydrogen) atoms. The van der Waals surface area contributed by atoms with E-state index in [1.807, 2.05) is 0 Å². The smallest absolute Gasteiger partial charge is 1.00 e. The van der Waals surface area contributed by atoms with Crippen LogP contribution in [0.4, 0.5) is 4.79 Å². The first-order chi connectivity index (χ1) is 5.68. The van der Waals surface area contributed by atoms with Crippen LogP contribution in [0.2, 0.25) is 5.02 Å². The van der Waals surface area contributed by atoms with E-state index < -0.39 is 6.16 Å². The first-order valence-electron chi connectivity index (χ1n) is 3.01. The molecule has 0 aliphatic rings. The van der Waals surface area contributed by atoms with Crippen LogP contribution in [0.3, 0.4) is 0 Å². The van der Waals surface area contributed by atoms with Crippen molar-refractivity contribution in [3.63, 3.8) is 0 Å². The van der Waals surface area contributed by atoms with Crippen molar-refractivity contribution in [2.24, 2.45) is 0 Å². The zero-order valence-corrected chi connectivity index (χ0v) is 12.6. The van der Waals surface area contributed by atoms with Gasteiger partial charge >= 0.3 is 65.3 Å². The predicted octanol–water partition coefficient (Wildman–Crippen LogP) is -3.44. The van der Waals surface area contributed by atoms with Crippen molar-refractivity contribution in [1.29, 1.82) is 0 Å². The molecule has 0 aliphatic carbocycles. The Morgan fingerprint density at radius 1 is 1.29 bits per heavy atom. The Morgan fingerprint density at radius 2 is 1.79 bits per heavy atom. The van der Waals surface area contributed by atoms with Gasteiger partial charge in [0.1, 0.15) is 0 Å². The molecule has 0 fully saturated rings. The van der Waals surface area contributed by atoms with E-state index in [4.69, 9.17) is 16.7 Å². The fourth-order valence-electron chi connectivity index (χ4n) is 0.574. The zero-order valence-electron chi connectivity index (χ0n) is 9.86. The van der Waals surface area contributed by atoms with Crippen molar-refractivity contribution in [3.05, 3.63) is 29.3 Å². The average Bonchev–Trinajstić information content (AvgIpc) is 2.03. The van der Waals surface area contributed by atoms with Gasteiger partial charge in [-0.3, -0.25) is 4.89 Å². The van der Waals surface area contributed by atoms with Gasteiger partial charge in [-0.15, -0.1) is 0 Å². The van der Waals surface area contributed by atoms with Crippen molar-refractivity contribution in [2.45, 2.75) is 0 Å². The predicted molar refractivity (Wildman–Crippen MR) is 43.4 cm³/mol. The molecule has 1 N–H and O–H groups in total. The van der Waals surface area contributed by atoms with Crippen LogP contribution in [-0.2, 0) is 4.89 Å². The third-order valence-electron chi connectivity index (χ3n) is 1.02. The first kappa shape index (κ1) is 17.0. The van der Waals surface area contributed by atoms with Gasteiger partial charge < -0.3 is 7.96 Å². The Morgan fingerprint density at radius 3 is 2.21 bits per heavy atom. The molecule has 0 aliphatic heterocycles. The summed E-state index contributed by atoms with van der Waals surface area (Å²) in [6, 6.07) is 6.10. The van der Waals surface area contributed by atoms with Crippen LogP contribution in [0.15, 0.2) is 24.3 Å². The van der Waals surface area contributed by atoms with Gasteiger partial charge in [0.15, 0.2) is 5.75 Å². The topological polar surface area (TPSA) is 55.8 Å². The molecule has 7 heteroatoms. The Balaban J connectivity index is -0.000000180. The van der Waals surface area contributed by atoms with E-state index in [9.17, 15) is 4.79 Å². The molecule has 1 aromatic carbocycles. The van der Waals surface area contributed by atoms with Gasteiger partial charge in [0.2, 0.25) is 0 Å². The zero-order chi connectivity index (χ0) is 8.97. The van der Waals surface area contributed by atoms with Crippen LogP contribution in [-0.4, -0.2) is 11.3 Å². The van der Waals surface area contributed by atoms with E-state index in [1.165, 1.54) is 12.1 Å². The molecular formula is C7H7ClNa2O4. The van der Waals surface area contributed by atoms with Crippen LogP contribution in [0.25, 0.3) is 0 Å². The van der Waals surface area contributed by atoms with Gasteiger partial charge in [-0.2, -0.15) is 0 Å².